The van der Waals surface area contributed by atoms with Crippen LogP contribution in [-0.2, 0) is 14.3 Å². The van der Waals surface area contributed by atoms with E-state index in [0.29, 0.717) is 12.2 Å². The first-order chi connectivity index (χ1) is 8.29. The van der Waals surface area contributed by atoms with Gasteiger partial charge in [0.1, 0.15) is 18.3 Å². The molecule has 0 saturated heterocycles. The van der Waals surface area contributed by atoms with Crippen molar-refractivity contribution >= 4 is 21.7 Å². The zero-order chi connectivity index (χ0) is 12.1. The summed E-state index contributed by atoms with van der Waals surface area (Å²) in [5.41, 5.74) is 1.29. The number of carbonyl (C=O) groups excluding carboxylic acids is 1. The molecule has 0 amide bonds. The van der Waals surface area contributed by atoms with Crippen LogP contribution in [0.4, 0.5) is 0 Å². The van der Waals surface area contributed by atoms with Gasteiger partial charge in [-0.1, -0.05) is 39.7 Å². The van der Waals surface area contributed by atoms with Gasteiger partial charge in [-0.25, -0.2) is 0 Å². The van der Waals surface area contributed by atoms with Crippen LogP contribution >= 0.6 is 15.9 Å². The molecule has 0 atom stereocenters. The molecule has 3 nitrogen and oxygen atoms in total. The summed E-state index contributed by atoms with van der Waals surface area (Å²) >= 11 is 3.10. The molecular weight excluding hydrogens is 284 g/mol. The minimum atomic E-state index is -0.117. The zero-order valence-electron chi connectivity index (χ0n) is 9.32. The molecule has 1 heterocycles. The molecule has 1 aliphatic carbocycles. The number of allylic oxidation sites excluding steroid dienone is 5. The number of carbonyl (C=O) groups is 1. The summed E-state index contributed by atoms with van der Waals surface area (Å²) in [6.45, 7) is 0. The Hall–Kier alpha value is -1.29. The van der Waals surface area contributed by atoms with Gasteiger partial charge in [0.2, 0.25) is 11.5 Å². The van der Waals surface area contributed by atoms with E-state index in [1.165, 1.54) is 11.8 Å². The number of hydrogen-bond donors (Lipinski definition) is 0. The maximum atomic E-state index is 11.4. The zero-order valence-corrected chi connectivity index (χ0v) is 10.9. The topological polar surface area (TPSA) is 35.5 Å². The number of ketones is 1. The summed E-state index contributed by atoms with van der Waals surface area (Å²) in [4.78, 5) is 11.4. The maximum Gasteiger partial charge on any atom is 0.211 e. The SMILES string of the molecule is O=C(CBr)C1=COC=C(CC2=CC=CCC2)O1. The Labute approximate surface area is 109 Å². The Morgan fingerprint density at radius 2 is 2.29 bits per heavy atom. The first-order valence-electron chi connectivity index (χ1n) is 5.46. The summed E-state index contributed by atoms with van der Waals surface area (Å²) in [6.07, 6.45) is 11.9. The minimum Gasteiger partial charge on any atom is -0.465 e. The van der Waals surface area contributed by atoms with E-state index in [2.05, 4.69) is 28.1 Å². The van der Waals surface area contributed by atoms with Crippen molar-refractivity contribution in [2.45, 2.75) is 19.3 Å². The van der Waals surface area contributed by atoms with Crippen molar-refractivity contribution in [2.24, 2.45) is 0 Å². The van der Waals surface area contributed by atoms with Gasteiger partial charge in [0.25, 0.3) is 0 Å². The number of Topliss-reactive ketones (excluding diaryl/α,β-unsaturated/α-hetero) is 1. The largest absolute Gasteiger partial charge is 0.465 e. The molecule has 90 valence electrons. The van der Waals surface area contributed by atoms with Gasteiger partial charge >= 0.3 is 0 Å². The fourth-order valence-electron chi connectivity index (χ4n) is 1.65. The van der Waals surface area contributed by atoms with Crippen molar-refractivity contribution < 1.29 is 14.3 Å². The normalized spacial score (nSPS) is 18.5. The molecule has 2 aliphatic rings. The predicted octanol–water partition coefficient (Wildman–Crippen LogP) is 3.35. The average Bonchev–Trinajstić information content (AvgIpc) is 2.39. The molecule has 4 heteroatoms. The molecule has 0 spiro atoms. The van der Waals surface area contributed by atoms with Crippen molar-refractivity contribution in [1.29, 1.82) is 0 Å². The summed E-state index contributed by atoms with van der Waals surface area (Å²) < 4.78 is 10.6. The third-order valence-electron chi connectivity index (χ3n) is 2.51. The number of hydrogen-bond acceptors (Lipinski definition) is 3. The first kappa shape index (κ1) is 12.2. The van der Waals surface area contributed by atoms with Gasteiger partial charge in [-0.3, -0.25) is 4.79 Å². The fourth-order valence-corrected chi connectivity index (χ4v) is 1.93. The third-order valence-corrected chi connectivity index (χ3v) is 3.02. The van der Waals surface area contributed by atoms with Gasteiger partial charge in [-0.15, -0.1) is 0 Å². The molecule has 0 fully saturated rings. The summed E-state index contributed by atoms with van der Waals surface area (Å²) in [5.74, 6) is 0.817. The summed E-state index contributed by atoms with van der Waals surface area (Å²) in [5, 5.41) is 0.237. The second-order valence-corrected chi connectivity index (χ2v) is 4.39. The van der Waals surface area contributed by atoms with Crippen molar-refractivity contribution in [3.63, 3.8) is 0 Å². The lowest BCUT2D eigenvalue weighted by Crippen LogP contribution is -2.11. The molecule has 0 aromatic rings. The molecule has 1 aliphatic heterocycles. The highest BCUT2D eigenvalue weighted by Crippen LogP contribution is 2.24. The van der Waals surface area contributed by atoms with E-state index in [-0.39, 0.29) is 16.9 Å². The van der Waals surface area contributed by atoms with Crippen LogP contribution < -0.4 is 0 Å². The van der Waals surface area contributed by atoms with Crippen LogP contribution in [0.5, 0.6) is 0 Å². The Kier molecular flexibility index (Phi) is 4.20. The van der Waals surface area contributed by atoms with Gasteiger partial charge in [0.15, 0.2) is 0 Å². The van der Waals surface area contributed by atoms with E-state index in [1.54, 1.807) is 6.26 Å². The van der Waals surface area contributed by atoms with Crippen molar-refractivity contribution in [2.75, 3.05) is 5.33 Å². The van der Waals surface area contributed by atoms with Crippen LogP contribution in [0.25, 0.3) is 0 Å². The smallest absolute Gasteiger partial charge is 0.211 e. The van der Waals surface area contributed by atoms with Gasteiger partial charge in [-0.2, -0.15) is 0 Å². The van der Waals surface area contributed by atoms with Gasteiger partial charge in [0.05, 0.1) is 5.33 Å². The predicted molar refractivity (Wildman–Crippen MR) is 68.2 cm³/mol. The Balaban J connectivity index is 1.95. The van der Waals surface area contributed by atoms with Crippen molar-refractivity contribution in [3.05, 3.63) is 47.8 Å². The molecule has 0 aromatic carbocycles. The van der Waals surface area contributed by atoms with Crippen LogP contribution in [0, 0.1) is 0 Å². The van der Waals surface area contributed by atoms with E-state index in [1.807, 2.05) is 6.08 Å². The van der Waals surface area contributed by atoms with Crippen LogP contribution in [-0.4, -0.2) is 11.1 Å². The van der Waals surface area contributed by atoms with E-state index >= 15 is 0 Å². The second kappa shape index (κ2) is 5.87. The fraction of sp³-hybridized carbons (Fsp3) is 0.308. The van der Waals surface area contributed by atoms with Gasteiger partial charge in [-0.05, 0) is 12.8 Å². The number of rotatable bonds is 4. The van der Waals surface area contributed by atoms with Crippen LogP contribution in [0.1, 0.15) is 19.3 Å². The van der Waals surface area contributed by atoms with Crippen LogP contribution in [0.15, 0.2) is 47.8 Å². The Morgan fingerprint density at radius 1 is 1.41 bits per heavy atom. The lowest BCUT2D eigenvalue weighted by Gasteiger charge is -2.17. The minimum absolute atomic E-state index is 0.117. The Morgan fingerprint density at radius 3 is 3.00 bits per heavy atom. The lowest BCUT2D eigenvalue weighted by atomic mass is 10.0. The third kappa shape index (κ3) is 3.33. The number of ether oxygens (including phenoxy) is 2. The highest BCUT2D eigenvalue weighted by Gasteiger charge is 2.17. The first-order valence-corrected chi connectivity index (χ1v) is 6.58. The van der Waals surface area contributed by atoms with Crippen LogP contribution in [0.3, 0.4) is 0 Å². The highest BCUT2D eigenvalue weighted by molar-refractivity contribution is 9.09. The van der Waals surface area contributed by atoms with Crippen molar-refractivity contribution in [3.8, 4) is 0 Å². The van der Waals surface area contributed by atoms with Crippen molar-refractivity contribution in [1.82, 2.24) is 0 Å². The van der Waals surface area contributed by atoms with Gasteiger partial charge in [0, 0.05) is 6.42 Å². The monoisotopic (exact) mass is 296 g/mol. The second-order valence-electron chi connectivity index (χ2n) is 3.83. The molecule has 0 unspecified atom stereocenters. The molecule has 17 heavy (non-hydrogen) atoms. The lowest BCUT2D eigenvalue weighted by molar-refractivity contribution is -0.116. The molecular formula is C13H13BrO3. The standard InChI is InChI=1S/C13H13BrO3/c14-7-12(15)13-9-16-8-11(17-13)6-10-4-2-1-3-5-10/h1-2,4,8-9H,3,5-7H2. The summed E-state index contributed by atoms with van der Waals surface area (Å²) in [7, 11) is 0. The molecule has 0 N–H and O–H groups in total. The van der Waals surface area contributed by atoms with E-state index in [0.717, 1.165) is 12.8 Å². The van der Waals surface area contributed by atoms with Gasteiger partial charge < -0.3 is 9.47 Å². The Bertz CT molecular complexity index is 430. The molecule has 0 aromatic heterocycles. The average molecular weight is 297 g/mol. The van der Waals surface area contributed by atoms with E-state index in [4.69, 9.17) is 9.47 Å². The number of alkyl halides is 1. The highest BCUT2D eigenvalue weighted by atomic mass is 79.9. The number of halogens is 1. The molecule has 2 rings (SSSR count). The summed E-state index contributed by atoms with van der Waals surface area (Å²) in [6, 6.07) is 0. The maximum absolute atomic E-state index is 11.4. The molecule has 0 bridgehead atoms. The quantitative estimate of drug-likeness (QED) is 0.747. The molecule has 0 radical (unpaired) electrons. The van der Waals surface area contributed by atoms with Crippen LogP contribution in [0.2, 0.25) is 0 Å². The van der Waals surface area contributed by atoms with E-state index in [9.17, 15) is 4.79 Å². The molecule has 0 saturated carbocycles. The van der Waals surface area contributed by atoms with E-state index < -0.39 is 0 Å².